The molecule has 1 N–H and O–H groups in total. The van der Waals surface area contributed by atoms with Gasteiger partial charge in [-0.3, -0.25) is 4.79 Å². The summed E-state index contributed by atoms with van der Waals surface area (Å²) in [5.74, 6) is 0.426. The molecular weight excluding hydrogens is 679 g/mol. The van der Waals surface area contributed by atoms with Crippen molar-refractivity contribution in [3.05, 3.63) is 105 Å². The van der Waals surface area contributed by atoms with Crippen molar-refractivity contribution in [3.8, 4) is 11.8 Å². The molecule has 8 nitrogen and oxygen atoms in total. The number of fused-ring (bicyclic) bond motifs is 1. The highest BCUT2D eigenvalue weighted by Gasteiger charge is 2.29. The van der Waals surface area contributed by atoms with Gasteiger partial charge >= 0.3 is 0 Å². The van der Waals surface area contributed by atoms with E-state index in [2.05, 4.69) is 15.7 Å². The Morgan fingerprint density at radius 1 is 1.06 bits per heavy atom. The van der Waals surface area contributed by atoms with Crippen LogP contribution in [0.2, 0.25) is 10.0 Å². The number of rotatable bonds is 12. The van der Waals surface area contributed by atoms with Gasteiger partial charge in [0, 0.05) is 24.9 Å². The first kappa shape index (κ1) is 36.6. The van der Waals surface area contributed by atoms with E-state index >= 15 is 0 Å². The van der Waals surface area contributed by atoms with Gasteiger partial charge in [0.25, 0.3) is 5.91 Å². The summed E-state index contributed by atoms with van der Waals surface area (Å²) in [5, 5.41) is 12.5. The minimum Gasteiger partial charge on any atom is -0.495 e. The van der Waals surface area contributed by atoms with E-state index in [0.717, 1.165) is 60.8 Å². The van der Waals surface area contributed by atoms with E-state index in [9.17, 15) is 18.5 Å². The molecule has 1 aliphatic rings. The van der Waals surface area contributed by atoms with Crippen LogP contribution in [0, 0.1) is 11.3 Å². The number of carbonyl (C=O) groups is 1. The fourth-order valence-electron chi connectivity index (χ4n) is 7.10. The molecule has 0 saturated carbocycles. The molecule has 1 amide bonds. The minimum absolute atomic E-state index is 0.0482. The number of ether oxygens (including phenoxy) is 1. The number of benzene rings is 4. The third-order valence-electron chi connectivity index (χ3n) is 9.71. The average molecular weight is 722 g/mol. The molecule has 4 aromatic rings. The summed E-state index contributed by atoms with van der Waals surface area (Å²) in [6.45, 7) is 4.82. The number of sulfonamides is 1. The summed E-state index contributed by atoms with van der Waals surface area (Å²) >= 11 is 12.8. The van der Waals surface area contributed by atoms with Crippen molar-refractivity contribution in [1.29, 1.82) is 5.26 Å². The molecule has 11 heteroatoms. The lowest BCUT2D eigenvalue weighted by Crippen LogP contribution is -2.37. The molecule has 1 aliphatic heterocycles. The fraction of sp³-hybridized carbons (Fsp3) is 0.368. The van der Waals surface area contributed by atoms with Crippen molar-refractivity contribution in [3.63, 3.8) is 0 Å². The van der Waals surface area contributed by atoms with Gasteiger partial charge in [-0.05, 0) is 98.6 Å². The molecule has 0 aliphatic carbocycles. The van der Waals surface area contributed by atoms with Gasteiger partial charge in [-0.15, -0.1) is 0 Å². The maximum atomic E-state index is 14.4. The zero-order valence-electron chi connectivity index (χ0n) is 28.3. The standard InChI is InChI=1S/C38H42Cl2N4O4S/c1-5-28-32(23-41)37(48-4)31-12-7-6-11-30(31)36(28)38(45)43(3)24-27(26-14-15-33(39)34(40)22-26)18-21-44-19-16-25(17-20-44)29-10-8-9-13-35(29)49(46,47)42-2/h6-15,22,25,27,42H,5,16-21,24H2,1-4H3. The van der Waals surface area contributed by atoms with Gasteiger partial charge in [0.15, 0.2) is 0 Å². The van der Waals surface area contributed by atoms with E-state index in [0.29, 0.717) is 50.3 Å². The largest absolute Gasteiger partial charge is 0.495 e. The molecule has 0 spiro atoms. The number of amides is 1. The number of piperidine rings is 1. The molecule has 258 valence electrons. The van der Waals surface area contributed by atoms with Crippen LogP contribution in [0.25, 0.3) is 10.8 Å². The maximum Gasteiger partial charge on any atom is 0.254 e. The summed E-state index contributed by atoms with van der Waals surface area (Å²) in [6.07, 6.45) is 2.95. The van der Waals surface area contributed by atoms with Crippen LogP contribution in [-0.4, -0.2) is 71.5 Å². The Bertz CT molecular complexity index is 1990. The summed E-state index contributed by atoms with van der Waals surface area (Å²) in [7, 11) is 1.24. The third-order valence-corrected chi connectivity index (χ3v) is 11.9. The smallest absolute Gasteiger partial charge is 0.254 e. The second-order valence-electron chi connectivity index (χ2n) is 12.5. The van der Waals surface area contributed by atoms with E-state index in [1.165, 1.54) is 7.05 Å². The van der Waals surface area contributed by atoms with Crippen LogP contribution in [0.15, 0.2) is 71.6 Å². The van der Waals surface area contributed by atoms with Crippen LogP contribution < -0.4 is 9.46 Å². The number of methoxy groups -OCH3 is 1. The zero-order valence-corrected chi connectivity index (χ0v) is 30.6. The molecule has 1 atom stereocenters. The Morgan fingerprint density at radius 2 is 1.73 bits per heavy atom. The van der Waals surface area contributed by atoms with Crippen LogP contribution in [0.4, 0.5) is 0 Å². The van der Waals surface area contributed by atoms with Crippen LogP contribution >= 0.6 is 23.2 Å². The van der Waals surface area contributed by atoms with Crippen molar-refractivity contribution in [2.24, 2.45) is 0 Å². The highest BCUT2D eigenvalue weighted by atomic mass is 35.5. The number of halogens is 2. The van der Waals surface area contributed by atoms with Crippen LogP contribution in [0.3, 0.4) is 0 Å². The first-order valence-electron chi connectivity index (χ1n) is 16.5. The second-order valence-corrected chi connectivity index (χ2v) is 15.1. The van der Waals surface area contributed by atoms with Crippen molar-refractivity contribution in [2.45, 2.75) is 49.3 Å². The Kier molecular flexibility index (Phi) is 11.9. The third kappa shape index (κ3) is 7.74. The number of nitriles is 1. The minimum atomic E-state index is -3.55. The van der Waals surface area contributed by atoms with Gasteiger partial charge in [0.1, 0.15) is 11.8 Å². The lowest BCUT2D eigenvalue weighted by Gasteiger charge is -2.34. The lowest BCUT2D eigenvalue weighted by atomic mass is 9.88. The Hall–Kier alpha value is -3.65. The van der Waals surface area contributed by atoms with Gasteiger partial charge in [-0.1, -0.05) is 78.7 Å². The van der Waals surface area contributed by atoms with Gasteiger partial charge < -0.3 is 14.5 Å². The summed E-state index contributed by atoms with van der Waals surface area (Å²) < 4.78 is 33.5. The van der Waals surface area contributed by atoms with Crippen LogP contribution in [0.5, 0.6) is 5.75 Å². The van der Waals surface area contributed by atoms with Gasteiger partial charge in [-0.25, -0.2) is 13.1 Å². The maximum absolute atomic E-state index is 14.4. The summed E-state index contributed by atoms with van der Waals surface area (Å²) in [6, 6.07) is 22.7. The molecule has 0 aromatic heterocycles. The lowest BCUT2D eigenvalue weighted by molar-refractivity contribution is 0.0782. The molecule has 1 saturated heterocycles. The molecule has 5 rings (SSSR count). The monoisotopic (exact) mass is 720 g/mol. The highest BCUT2D eigenvalue weighted by Crippen LogP contribution is 2.38. The quantitative estimate of drug-likeness (QED) is 0.162. The first-order valence-corrected chi connectivity index (χ1v) is 18.7. The first-order chi connectivity index (χ1) is 23.5. The number of likely N-dealkylation sites (tertiary alicyclic amines) is 1. The van der Waals surface area contributed by atoms with E-state index in [4.69, 9.17) is 27.9 Å². The predicted molar refractivity (Wildman–Crippen MR) is 196 cm³/mol. The molecule has 1 fully saturated rings. The van der Waals surface area contributed by atoms with E-state index in [1.54, 1.807) is 37.3 Å². The van der Waals surface area contributed by atoms with Crippen molar-refractivity contribution in [2.75, 3.05) is 47.4 Å². The Labute approximate surface area is 299 Å². The number of nitrogens with zero attached hydrogens (tertiary/aromatic N) is 3. The summed E-state index contributed by atoms with van der Waals surface area (Å²) in [5.41, 5.74) is 3.43. The number of carbonyl (C=O) groups excluding carboxylic acids is 1. The van der Waals surface area contributed by atoms with Gasteiger partial charge in [0.05, 0.1) is 33.2 Å². The van der Waals surface area contributed by atoms with Crippen molar-refractivity contribution in [1.82, 2.24) is 14.5 Å². The number of nitrogens with one attached hydrogen (secondary N) is 1. The number of likely N-dealkylation sites (N-methyl/N-ethyl adjacent to an activating group) is 1. The van der Waals surface area contributed by atoms with Crippen molar-refractivity contribution >= 4 is 49.9 Å². The SMILES string of the molecule is CCc1c(C#N)c(OC)c2ccccc2c1C(=O)N(C)CC(CCN1CCC(c2ccccc2S(=O)(=O)NC)CC1)c1ccc(Cl)c(Cl)c1. The van der Waals surface area contributed by atoms with Gasteiger partial charge in [0.2, 0.25) is 10.0 Å². The Morgan fingerprint density at radius 3 is 2.37 bits per heavy atom. The number of hydrogen-bond donors (Lipinski definition) is 1. The molecule has 1 unspecified atom stereocenters. The molecule has 1 heterocycles. The zero-order chi connectivity index (χ0) is 35.3. The topological polar surface area (TPSA) is 103 Å². The fourth-order valence-corrected chi connectivity index (χ4v) is 8.43. The second kappa shape index (κ2) is 15.9. The Balaban J connectivity index is 1.37. The number of hydrogen-bond acceptors (Lipinski definition) is 6. The highest BCUT2D eigenvalue weighted by molar-refractivity contribution is 7.89. The normalized spacial score (nSPS) is 14.8. The molecular formula is C38H42Cl2N4O4S. The molecule has 4 aromatic carbocycles. The van der Waals surface area contributed by atoms with E-state index < -0.39 is 10.0 Å². The summed E-state index contributed by atoms with van der Waals surface area (Å²) in [4.78, 5) is 18.9. The van der Waals surface area contributed by atoms with E-state index in [1.807, 2.05) is 55.5 Å². The average Bonchev–Trinajstić information content (AvgIpc) is 3.13. The molecule has 0 bridgehead atoms. The van der Waals surface area contributed by atoms with Crippen molar-refractivity contribution < 1.29 is 17.9 Å². The van der Waals surface area contributed by atoms with Gasteiger partial charge in [-0.2, -0.15) is 5.26 Å². The van der Waals surface area contributed by atoms with Crippen LogP contribution in [-0.2, 0) is 16.4 Å². The predicted octanol–water partition coefficient (Wildman–Crippen LogP) is 7.62. The molecule has 0 radical (unpaired) electrons. The van der Waals surface area contributed by atoms with Crippen LogP contribution in [0.1, 0.15) is 70.6 Å². The molecule has 49 heavy (non-hydrogen) atoms. The van der Waals surface area contributed by atoms with E-state index in [-0.39, 0.29) is 17.7 Å².